The fourth-order valence-electron chi connectivity index (χ4n) is 2.23. The molecule has 0 bridgehead atoms. The summed E-state index contributed by atoms with van der Waals surface area (Å²) in [5, 5.41) is 3.80. The molecule has 7 heteroatoms. The molecule has 0 aliphatic rings. The van der Waals surface area contributed by atoms with Gasteiger partial charge in [0.15, 0.2) is 5.82 Å². The number of rotatable bonds is 5. The second kappa shape index (κ2) is 7.27. The molecule has 0 saturated carbocycles. The van der Waals surface area contributed by atoms with E-state index in [0.717, 1.165) is 16.6 Å². The van der Waals surface area contributed by atoms with Crippen molar-refractivity contribution in [3.05, 3.63) is 60.4 Å². The third-order valence-electron chi connectivity index (χ3n) is 3.38. The zero-order valence-electron chi connectivity index (χ0n) is 13.4. The first-order chi connectivity index (χ1) is 11.7. The molecule has 0 atom stereocenters. The molecule has 0 aromatic carbocycles. The zero-order valence-corrected chi connectivity index (χ0v) is 14.2. The Bertz CT molecular complexity index is 844. The van der Waals surface area contributed by atoms with E-state index in [0.29, 0.717) is 17.1 Å². The SMILES string of the molecule is CCSc1ccc(C(=O)Nc2cccnc2-n2ccnc2C)cn1. The summed E-state index contributed by atoms with van der Waals surface area (Å²) in [5.41, 5.74) is 1.13. The maximum atomic E-state index is 12.5. The third-order valence-corrected chi connectivity index (χ3v) is 4.21. The Kier molecular flexibility index (Phi) is 4.90. The van der Waals surface area contributed by atoms with Gasteiger partial charge in [0.2, 0.25) is 0 Å². The van der Waals surface area contributed by atoms with E-state index < -0.39 is 0 Å². The number of thioether (sulfide) groups is 1. The summed E-state index contributed by atoms with van der Waals surface area (Å²) < 4.78 is 1.83. The Labute approximate surface area is 144 Å². The number of carbonyl (C=O) groups is 1. The summed E-state index contributed by atoms with van der Waals surface area (Å²) in [6.45, 7) is 3.95. The third kappa shape index (κ3) is 3.46. The molecule has 24 heavy (non-hydrogen) atoms. The Balaban J connectivity index is 1.84. The average molecular weight is 339 g/mol. The summed E-state index contributed by atoms with van der Waals surface area (Å²) in [6.07, 6.45) is 6.78. The fraction of sp³-hybridized carbons (Fsp3) is 0.176. The molecule has 0 saturated heterocycles. The number of amides is 1. The molecule has 0 aliphatic carbocycles. The zero-order chi connectivity index (χ0) is 16.9. The fourth-order valence-corrected chi connectivity index (χ4v) is 2.82. The quantitative estimate of drug-likeness (QED) is 0.722. The highest BCUT2D eigenvalue weighted by atomic mass is 32.2. The first-order valence-corrected chi connectivity index (χ1v) is 8.53. The maximum absolute atomic E-state index is 12.5. The molecule has 3 aromatic heterocycles. The number of hydrogen-bond donors (Lipinski definition) is 1. The molecule has 122 valence electrons. The van der Waals surface area contributed by atoms with Crippen molar-refractivity contribution in [2.45, 2.75) is 18.9 Å². The van der Waals surface area contributed by atoms with E-state index in [1.807, 2.05) is 29.8 Å². The Morgan fingerprint density at radius 3 is 2.75 bits per heavy atom. The first-order valence-electron chi connectivity index (χ1n) is 7.54. The molecule has 1 amide bonds. The van der Waals surface area contributed by atoms with Gasteiger partial charge in [0.1, 0.15) is 5.82 Å². The molecule has 0 unspecified atom stereocenters. The lowest BCUT2D eigenvalue weighted by Gasteiger charge is -2.11. The normalized spacial score (nSPS) is 10.6. The molecule has 3 heterocycles. The van der Waals surface area contributed by atoms with Gasteiger partial charge in [0.25, 0.3) is 5.91 Å². The molecular formula is C17H17N5OS. The smallest absolute Gasteiger partial charge is 0.257 e. The summed E-state index contributed by atoms with van der Waals surface area (Å²) in [5.74, 6) is 2.16. The van der Waals surface area contributed by atoms with Gasteiger partial charge < -0.3 is 5.32 Å². The maximum Gasteiger partial charge on any atom is 0.257 e. The van der Waals surface area contributed by atoms with E-state index in [-0.39, 0.29) is 5.91 Å². The molecule has 1 N–H and O–H groups in total. The summed E-state index contributed by atoms with van der Waals surface area (Å²) in [7, 11) is 0. The highest BCUT2D eigenvalue weighted by Crippen LogP contribution is 2.20. The number of hydrogen-bond acceptors (Lipinski definition) is 5. The van der Waals surface area contributed by atoms with E-state index in [4.69, 9.17) is 0 Å². The van der Waals surface area contributed by atoms with Crippen molar-refractivity contribution in [1.82, 2.24) is 19.5 Å². The van der Waals surface area contributed by atoms with Crippen molar-refractivity contribution in [1.29, 1.82) is 0 Å². The van der Waals surface area contributed by atoms with Crippen LogP contribution >= 0.6 is 11.8 Å². The average Bonchev–Trinajstić information content (AvgIpc) is 3.02. The molecule has 0 aliphatic heterocycles. The minimum absolute atomic E-state index is 0.220. The van der Waals surface area contributed by atoms with Gasteiger partial charge in [0, 0.05) is 24.8 Å². The van der Waals surface area contributed by atoms with Gasteiger partial charge in [-0.05, 0) is 36.9 Å². The van der Waals surface area contributed by atoms with Crippen molar-refractivity contribution in [2.75, 3.05) is 11.1 Å². The summed E-state index contributed by atoms with van der Waals surface area (Å²) in [6, 6.07) is 7.23. The van der Waals surface area contributed by atoms with Crippen LogP contribution in [0, 0.1) is 6.92 Å². The molecule has 0 fully saturated rings. The summed E-state index contributed by atoms with van der Waals surface area (Å²) >= 11 is 1.64. The van der Waals surface area contributed by atoms with Crippen molar-refractivity contribution < 1.29 is 4.79 Å². The Hall–Kier alpha value is -2.67. The van der Waals surface area contributed by atoms with Gasteiger partial charge in [0.05, 0.1) is 16.3 Å². The number of carbonyl (C=O) groups excluding carboxylic acids is 1. The molecule has 0 spiro atoms. The predicted octanol–water partition coefficient (Wildman–Crippen LogP) is 3.34. The van der Waals surface area contributed by atoms with Crippen LogP contribution in [0.5, 0.6) is 0 Å². The topological polar surface area (TPSA) is 72.7 Å². The number of anilines is 1. The lowest BCUT2D eigenvalue weighted by atomic mass is 10.2. The monoisotopic (exact) mass is 339 g/mol. The van der Waals surface area contributed by atoms with Crippen molar-refractivity contribution in [3.63, 3.8) is 0 Å². The number of imidazole rings is 1. The van der Waals surface area contributed by atoms with Gasteiger partial charge in [-0.1, -0.05) is 6.92 Å². The standard InChI is InChI=1S/C17H17N5OS/c1-3-24-15-7-6-13(11-20-15)17(23)21-14-5-4-8-19-16(14)22-10-9-18-12(22)2/h4-11H,3H2,1-2H3,(H,21,23). The summed E-state index contributed by atoms with van der Waals surface area (Å²) in [4.78, 5) is 25.3. The van der Waals surface area contributed by atoms with Gasteiger partial charge in [-0.25, -0.2) is 15.0 Å². The first kappa shape index (κ1) is 16.2. The number of aromatic nitrogens is 4. The van der Waals surface area contributed by atoms with E-state index in [9.17, 15) is 4.79 Å². The van der Waals surface area contributed by atoms with Crippen LogP contribution in [0.25, 0.3) is 5.82 Å². The van der Waals surface area contributed by atoms with Gasteiger partial charge in [-0.2, -0.15) is 0 Å². The highest BCUT2D eigenvalue weighted by Gasteiger charge is 2.12. The van der Waals surface area contributed by atoms with E-state index >= 15 is 0 Å². The van der Waals surface area contributed by atoms with Crippen molar-refractivity contribution >= 4 is 23.4 Å². The minimum Gasteiger partial charge on any atom is -0.319 e. The van der Waals surface area contributed by atoms with Crippen LogP contribution in [0.1, 0.15) is 23.1 Å². The van der Waals surface area contributed by atoms with Crippen molar-refractivity contribution in [2.24, 2.45) is 0 Å². The number of nitrogens with one attached hydrogen (secondary N) is 1. The van der Waals surface area contributed by atoms with Crippen LogP contribution in [0.2, 0.25) is 0 Å². The van der Waals surface area contributed by atoms with Gasteiger partial charge >= 0.3 is 0 Å². The molecule has 0 radical (unpaired) electrons. The van der Waals surface area contributed by atoms with Gasteiger partial charge in [-0.3, -0.25) is 9.36 Å². The van der Waals surface area contributed by atoms with Crippen LogP contribution in [0.15, 0.2) is 54.1 Å². The lowest BCUT2D eigenvalue weighted by Crippen LogP contribution is -2.15. The molecule has 3 rings (SSSR count). The highest BCUT2D eigenvalue weighted by molar-refractivity contribution is 7.99. The van der Waals surface area contributed by atoms with Gasteiger partial charge in [-0.15, -0.1) is 11.8 Å². The van der Waals surface area contributed by atoms with Crippen LogP contribution in [0.3, 0.4) is 0 Å². The largest absolute Gasteiger partial charge is 0.319 e. The number of nitrogens with zero attached hydrogens (tertiary/aromatic N) is 4. The molecular weight excluding hydrogens is 322 g/mol. The molecule has 3 aromatic rings. The lowest BCUT2D eigenvalue weighted by molar-refractivity contribution is 0.102. The minimum atomic E-state index is -0.220. The predicted molar refractivity (Wildman–Crippen MR) is 94.7 cm³/mol. The van der Waals surface area contributed by atoms with E-state index in [1.54, 1.807) is 42.5 Å². The van der Waals surface area contributed by atoms with Crippen molar-refractivity contribution in [3.8, 4) is 5.82 Å². The number of pyridine rings is 2. The van der Waals surface area contributed by atoms with E-state index in [2.05, 4.69) is 27.2 Å². The van der Waals surface area contributed by atoms with Crippen LogP contribution in [-0.4, -0.2) is 31.2 Å². The molecule has 6 nitrogen and oxygen atoms in total. The Morgan fingerprint density at radius 1 is 1.21 bits per heavy atom. The van der Waals surface area contributed by atoms with Crippen LogP contribution in [0.4, 0.5) is 5.69 Å². The second-order valence-corrected chi connectivity index (χ2v) is 6.28. The second-order valence-electron chi connectivity index (χ2n) is 4.99. The number of aryl methyl sites for hydroxylation is 1. The van der Waals surface area contributed by atoms with Crippen LogP contribution < -0.4 is 5.32 Å². The van der Waals surface area contributed by atoms with Crippen LogP contribution in [-0.2, 0) is 0 Å². The Morgan fingerprint density at radius 2 is 2.08 bits per heavy atom. The van der Waals surface area contributed by atoms with E-state index in [1.165, 1.54) is 0 Å².